The lowest BCUT2D eigenvalue weighted by molar-refractivity contribution is -0.113. The van der Waals surface area contributed by atoms with Crippen LogP contribution in [0.5, 0.6) is 0 Å². The van der Waals surface area contributed by atoms with E-state index in [4.69, 9.17) is 4.52 Å². The molecule has 20 heavy (non-hydrogen) atoms. The smallest absolute Gasteiger partial charge is 0.151 e. The quantitative estimate of drug-likeness (QED) is 0.801. The molecule has 1 aromatic heterocycles. The molecule has 1 aliphatic rings. The minimum absolute atomic E-state index is 0.0222. The van der Waals surface area contributed by atoms with Crippen molar-refractivity contribution in [2.75, 3.05) is 6.54 Å². The lowest BCUT2D eigenvalue weighted by Gasteiger charge is -2.31. The van der Waals surface area contributed by atoms with Gasteiger partial charge in [0.1, 0.15) is 12.0 Å². The summed E-state index contributed by atoms with van der Waals surface area (Å²) in [5.41, 5.74) is 1.90. The van der Waals surface area contributed by atoms with E-state index in [0.29, 0.717) is 6.54 Å². The Morgan fingerprint density at radius 3 is 2.95 bits per heavy atom. The highest BCUT2D eigenvalue weighted by atomic mass is 16.5. The molecule has 0 amide bonds. The van der Waals surface area contributed by atoms with Crippen molar-refractivity contribution >= 4 is 6.29 Å². The van der Waals surface area contributed by atoms with Crippen molar-refractivity contribution in [2.45, 2.75) is 31.8 Å². The summed E-state index contributed by atoms with van der Waals surface area (Å²) in [6, 6.07) is 12.0. The standard InChI is InChI=1S/C16H18N2O2/c19-12-14-8-4-5-9-18(14)11-15-10-16(17-20-15)13-6-2-1-3-7-13/h1-3,6-7,10,12,14H,4-5,8-9,11H2. The summed E-state index contributed by atoms with van der Waals surface area (Å²) < 4.78 is 5.41. The highest BCUT2D eigenvalue weighted by molar-refractivity contribution is 5.59. The van der Waals surface area contributed by atoms with Crippen molar-refractivity contribution in [1.29, 1.82) is 0 Å². The Hall–Kier alpha value is -1.94. The lowest BCUT2D eigenvalue weighted by Crippen LogP contribution is -2.39. The number of aromatic nitrogens is 1. The molecule has 0 saturated carbocycles. The van der Waals surface area contributed by atoms with Crippen molar-refractivity contribution in [3.8, 4) is 11.3 Å². The van der Waals surface area contributed by atoms with E-state index in [1.165, 1.54) is 0 Å². The van der Waals surface area contributed by atoms with Gasteiger partial charge in [0.15, 0.2) is 5.76 Å². The predicted molar refractivity (Wildman–Crippen MR) is 76.1 cm³/mol. The van der Waals surface area contributed by atoms with Crippen molar-refractivity contribution in [1.82, 2.24) is 10.1 Å². The predicted octanol–water partition coefficient (Wildman–Crippen LogP) is 2.90. The molecule has 0 spiro atoms. The number of hydrogen-bond acceptors (Lipinski definition) is 4. The molecule has 0 N–H and O–H groups in total. The molecule has 0 bridgehead atoms. The van der Waals surface area contributed by atoms with Gasteiger partial charge >= 0.3 is 0 Å². The van der Waals surface area contributed by atoms with Crippen molar-refractivity contribution in [3.63, 3.8) is 0 Å². The van der Waals surface area contributed by atoms with Crippen LogP contribution < -0.4 is 0 Å². The van der Waals surface area contributed by atoms with Gasteiger partial charge in [0.25, 0.3) is 0 Å². The van der Waals surface area contributed by atoms with E-state index < -0.39 is 0 Å². The van der Waals surface area contributed by atoms with Gasteiger partial charge in [-0.25, -0.2) is 0 Å². The number of piperidine rings is 1. The second kappa shape index (κ2) is 6.01. The number of benzene rings is 1. The fourth-order valence-corrected chi connectivity index (χ4v) is 2.70. The number of carbonyl (C=O) groups excluding carboxylic acids is 1. The summed E-state index contributed by atoms with van der Waals surface area (Å²) in [4.78, 5) is 13.3. The SMILES string of the molecule is O=CC1CCCCN1Cc1cc(-c2ccccc2)no1. The summed E-state index contributed by atoms with van der Waals surface area (Å²) in [6.07, 6.45) is 4.27. The largest absolute Gasteiger partial charge is 0.359 e. The van der Waals surface area contributed by atoms with Crippen LogP contribution in [-0.2, 0) is 11.3 Å². The number of rotatable bonds is 4. The monoisotopic (exact) mass is 270 g/mol. The van der Waals surface area contributed by atoms with Gasteiger partial charge in [0.05, 0.1) is 12.6 Å². The molecule has 1 fully saturated rings. The molecule has 104 valence electrons. The molecule has 2 aromatic rings. The average Bonchev–Trinajstić information content (AvgIpc) is 2.97. The molecule has 0 radical (unpaired) electrons. The van der Waals surface area contributed by atoms with Crippen LogP contribution >= 0.6 is 0 Å². The minimum Gasteiger partial charge on any atom is -0.359 e. The molecule has 1 aliphatic heterocycles. The van der Waals surface area contributed by atoms with Crippen LogP contribution in [0.1, 0.15) is 25.0 Å². The summed E-state index contributed by atoms with van der Waals surface area (Å²) in [7, 11) is 0. The summed E-state index contributed by atoms with van der Waals surface area (Å²) >= 11 is 0. The van der Waals surface area contributed by atoms with Crippen LogP contribution in [0, 0.1) is 0 Å². The van der Waals surface area contributed by atoms with Gasteiger partial charge in [0, 0.05) is 11.6 Å². The zero-order chi connectivity index (χ0) is 13.8. The zero-order valence-corrected chi connectivity index (χ0v) is 11.4. The normalized spacial score (nSPS) is 19.9. The van der Waals surface area contributed by atoms with Gasteiger partial charge in [-0.3, -0.25) is 4.90 Å². The Labute approximate surface area is 118 Å². The fourth-order valence-electron chi connectivity index (χ4n) is 2.70. The molecular formula is C16H18N2O2. The second-order valence-corrected chi connectivity index (χ2v) is 5.21. The van der Waals surface area contributed by atoms with E-state index in [0.717, 1.165) is 49.1 Å². The van der Waals surface area contributed by atoms with Crippen molar-refractivity contribution in [3.05, 3.63) is 42.2 Å². The molecule has 2 heterocycles. The topological polar surface area (TPSA) is 46.3 Å². The molecule has 1 saturated heterocycles. The number of carbonyl (C=O) groups is 1. The first-order valence-corrected chi connectivity index (χ1v) is 7.07. The van der Waals surface area contributed by atoms with E-state index in [1.807, 2.05) is 36.4 Å². The number of aldehydes is 1. The summed E-state index contributed by atoms with van der Waals surface area (Å²) in [5, 5.41) is 4.11. The Morgan fingerprint density at radius 1 is 1.30 bits per heavy atom. The average molecular weight is 270 g/mol. The van der Waals surface area contributed by atoms with Gasteiger partial charge in [-0.15, -0.1) is 0 Å². The van der Waals surface area contributed by atoms with Crippen LogP contribution in [0.15, 0.2) is 40.9 Å². The summed E-state index contributed by atoms with van der Waals surface area (Å²) in [6.45, 7) is 1.61. The maximum atomic E-state index is 11.1. The highest BCUT2D eigenvalue weighted by Gasteiger charge is 2.23. The molecular weight excluding hydrogens is 252 g/mol. The van der Waals surface area contributed by atoms with Gasteiger partial charge in [-0.2, -0.15) is 0 Å². The van der Waals surface area contributed by atoms with Crippen LogP contribution in [0.3, 0.4) is 0 Å². The van der Waals surface area contributed by atoms with Gasteiger partial charge in [-0.1, -0.05) is 41.9 Å². The first kappa shape index (κ1) is 13.1. The van der Waals surface area contributed by atoms with Crippen molar-refractivity contribution in [2.24, 2.45) is 0 Å². The fraction of sp³-hybridized carbons (Fsp3) is 0.375. The maximum absolute atomic E-state index is 11.1. The Kier molecular flexibility index (Phi) is 3.92. The van der Waals surface area contributed by atoms with E-state index >= 15 is 0 Å². The molecule has 4 heteroatoms. The summed E-state index contributed by atoms with van der Waals surface area (Å²) in [5.74, 6) is 0.817. The second-order valence-electron chi connectivity index (χ2n) is 5.21. The van der Waals surface area contributed by atoms with Crippen LogP contribution in [0.4, 0.5) is 0 Å². The Morgan fingerprint density at radius 2 is 2.15 bits per heavy atom. The molecule has 1 unspecified atom stereocenters. The van der Waals surface area contributed by atoms with E-state index in [-0.39, 0.29) is 6.04 Å². The third-order valence-electron chi connectivity index (χ3n) is 3.81. The number of hydrogen-bond donors (Lipinski definition) is 0. The van der Waals surface area contributed by atoms with Crippen LogP contribution in [0.2, 0.25) is 0 Å². The highest BCUT2D eigenvalue weighted by Crippen LogP contribution is 2.22. The van der Waals surface area contributed by atoms with Gasteiger partial charge in [0.2, 0.25) is 0 Å². The van der Waals surface area contributed by atoms with Crippen LogP contribution in [0.25, 0.3) is 11.3 Å². The van der Waals surface area contributed by atoms with Crippen molar-refractivity contribution < 1.29 is 9.32 Å². The molecule has 0 aliphatic carbocycles. The molecule has 4 nitrogen and oxygen atoms in total. The first-order valence-electron chi connectivity index (χ1n) is 7.07. The van der Waals surface area contributed by atoms with E-state index in [2.05, 4.69) is 10.1 Å². The van der Waals surface area contributed by atoms with Gasteiger partial charge < -0.3 is 9.32 Å². The third-order valence-corrected chi connectivity index (χ3v) is 3.81. The maximum Gasteiger partial charge on any atom is 0.151 e. The third kappa shape index (κ3) is 2.80. The molecule has 1 atom stereocenters. The lowest BCUT2D eigenvalue weighted by atomic mass is 10.0. The van der Waals surface area contributed by atoms with E-state index in [1.54, 1.807) is 0 Å². The number of likely N-dealkylation sites (tertiary alicyclic amines) is 1. The molecule has 3 rings (SSSR count). The Balaban J connectivity index is 1.72. The first-order chi connectivity index (χ1) is 9.86. The zero-order valence-electron chi connectivity index (χ0n) is 11.4. The van der Waals surface area contributed by atoms with Crippen LogP contribution in [-0.4, -0.2) is 28.9 Å². The molecule has 1 aromatic carbocycles. The Bertz CT molecular complexity index is 565. The van der Waals surface area contributed by atoms with E-state index in [9.17, 15) is 4.79 Å². The minimum atomic E-state index is 0.0222. The van der Waals surface area contributed by atoms with Gasteiger partial charge in [-0.05, 0) is 19.4 Å². The number of nitrogens with zero attached hydrogens (tertiary/aromatic N) is 2.